The molecule has 0 amide bonds. The van der Waals surface area contributed by atoms with Crippen molar-refractivity contribution in [2.24, 2.45) is 28.6 Å². The number of rotatable bonds is 8. The molecule has 3 fully saturated rings. The first kappa shape index (κ1) is 36.1. The van der Waals surface area contributed by atoms with Crippen molar-refractivity contribution in [1.82, 2.24) is 4.98 Å². The van der Waals surface area contributed by atoms with Crippen LogP contribution in [0.5, 0.6) is 23.0 Å². The smallest absolute Gasteiger partial charge is 0.397 e. The molecule has 11 heteroatoms. The summed E-state index contributed by atoms with van der Waals surface area (Å²) in [5.41, 5.74) is 3.31. The lowest BCUT2D eigenvalue weighted by molar-refractivity contribution is -0.131. The highest BCUT2D eigenvalue weighted by atomic mass is 32.3. The van der Waals surface area contributed by atoms with Gasteiger partial charge in [-0.15, -0.1) is 0 Å². The van der Waals surface area contributed by atoms with Crippen LogP contribution in [0.15, 0.2) is 54.2 Å². The lowest BCUT2D eigenvalue weighted by atomic mass is 9.48. The van der Waals surface area contributed by atoms with E-state index >= 15 is 0 Å². The summed E-state index contributed by atoms with van der Waals surface area (Å²) in [4.78, 5) is 17.0. The van der Waals surface area contributed by atoms with Gasteiger partial charge in [0.25, 0.3) is 0 Å². The largest absolute Gasteiger partial charge is 0.493 e. The van der Waals surface area contributed by atoms with E-state index in [0.29, 0.717) is 65.8 Å². The maximum absolute atomic E-state index is 12.4. The van der Waals surface area contributed by atoms with E-state index in [1.807, 2.05) is 42.6 Å². The second-order valence-electron chi connectivity index (χ2n) is 14.6. The summed E-state index contributed by atoms with van der Waals surface area (Å²) in [6, 6.07) is 11.8. The Morgan fingerprint density at radius 2 is 1.50 bits per heavy atom. The molecule has 0 aliphatic heterocycles. The Morgan fingerprint density at radius 3 is 2.20 bits per heavy atom. The van der Waals surface area contributed by atoms with Gasteiger partial charge in [-0.1, -0.05) is 31.6 Å². The number of nitrogens with zero attached hydrogens (tertiary/aromatic N) is 1. The lowest BCUT2D eigenvalue weighted by Crippen LogP contribution is -2.50. The van der Waals surface area contributed by atoms with Crippen LogP contribution in [-0.4, -0.2) is 58.3 Å². The number of methoxy groups -OCH3 is 4. The minimum absolute atomic E-state index is 0.0783. The van der Waals surface area contributed by atoms with Crippen molar-refractivity contribution in [1.29, 1.82) is 0 Å². The van der Waals surface area contributed by atoms with Crippen LogP contribution in [0.25, 0.3) is 10.8 Å². The van der Waals surface area contributed by atoms with Gasteiger partial charge in [-0.25, -0.2) is 4.18 Å². The second kappa shape index (κ2) is 14.2. The average molecular weight is 708 g/mol. The Kier molecular flexibility index (Phi) is 10.2. The molecule has 3 aromatic rings. The number of fused-ring (bicyclic) bond motifs is 6. The third-order valence-corrected chi connectivity index (χ3v) is 12.7. The maximum atomic E-state index is 12.4. The number of carbonyl (C=O) groups is 1. The molecule has 0 spiro atoms. The SMILES string of the molecule is COc1ccc(Cc2nccc3cc(OC)c(OC)cc23)cc1OC.C[C@]12CCC(OS(=O)(=O)O)CC1=CC[C@@H]1[C@@H]2CC[C@]2(C)C(=O)CC[C@@H]12. The van der Waals surface area contributed by atoms with Crippen LogP contribution in [-0.2, 0) is 25.8 Å². The highest BCUT2D eigenvalue weighted by molar-refractivity contribution is 7.80. The van der Waals surface area contributed by atoms with E-state index in [4.69, 9.17) is 27.7 Å². The minimum atomic E-state index is -4.40. The van der Waals surface area contributed by atoms with Gasteiger partial charge in [0.2, 0.25) is 0 Å². The van der Waals surface area contributed by atoms with Gasteiger partial charge in [0.05, 0.1) is 40.2 Å². The fraction of sp³-hybridized carbons (Fsp3) is 0.538. The van der Waals surface area contributed by atoms with Crippen molar-refractivity contribution in [3.63, 3.8) is 0 Å². The third-order valence-electron chi connectivity index (χ3n) is 12.2. The molecule has 10 nitrogen and oxygen atoms in total. The molecule has 7 rings (SSSR count). The summed E-state index contributed by atoms with van der Waals surface area (Å²) in [6.07, 6.45) is 11.3. The highest BCUT2D eigenvalue weighted by Crippen LogP contribution is 2.64. The predicted molar refractivity (Wildman–Crippen MR) is 190 cm³/mol. The predicted octanol–water partition coefficient (Wildman–Crippen LogP) is 7.57. The minimum Gasteiger partial charge on any atom is -0.493 e. The average Bonchev–Trinajstić information content (AvgIpc) is 3.41. The summed E-state index contributed by atoms with van der Waals surface area (Å²) < 4.78 is 57.4. The van der Waals surface area contributed by atoms with Crippen molar-refractivity contribution < 1.29 is 40.9 Å². The molecule has 4 aliphatic rings. The summed E-state index contributed by atoms with van der Waals surface area (Å²) in [6.45, 7) is 4.50. The van der Waals surface area contributed by atoms with Gasteiger partial charge < -0.3 is 18.9 Å². The zero-order valence-corrected chi connectivity index (χ0v) is 30.7. The Hall–Kier alpha value is -3.67. The van der Waals surface area contributed by atoms with E-state index in [1.54, 1.807) is 28.4 Å². The summed E-state index contributed by atoms with van der Waals surface area (Å²) in [5, 5.41) is 2.10. The van der Waals surface area contributed by atoms with Crippen LogP contribution in [0.4, 0.5) is 0 Å². The van der Waals surface area contributed by atoms with Crippen molar-refractivity contribution in [3.05, 3.63) is 65.5 Å². The fourth-order valence-corrected chi connectivity index (χ4v) is 10.0. The topological polar surface area (TPSA) is 130 Å². The van der Waals surface area contributed by atoms with E-state index in [0.717, 1.165) is 60.6 Å². The number of aromatic nitrogens is 1. The molecule has 1 heterocycles. The Labute approximate surface area is 295 Å². The maximum Gasteiger partial charge on any atom is 0.397 e. The molecule has 3 saturated carbocycles. The van der Waals surface area contributed by atoms with Gasteiger partial charge in [0.15, 0.2) is 23.0 Å². The van der Waals surface area contributed by atoms with Crippen LogP contribution < -0.4 is 18.9 Å². The van der Waals surface area contributed by atoms with E-state index in [2.05, 4.69) is 24.9 Å². The molecule has 50 heavy (non-hydrogen) atoms. The van der Waals surface area contributed by atoms with Gasteiger partial charge in [-0.3, -0.25) is 14.3 Å². The number of pyridine rings is 1. The number of ketones is 1. The molecule has 1 N–H and O–H groups in total. The standard InChI is InChI=1S/C20H21NO4.C19H28O5S/c1-22-17-6-5-13(10-18(17)23-2)9-16-15-12-20(25-4)19(24-3)11-14(15)7-8-21-16;1-18-9-7-13(24-25(21,22)23)11-12(18)3-4-14-15-5-6-17(20)19(15,2)10-8-16(14)18/h5-8,10-12H,9H2,1-4H3;3,13-16H,4-11H2,1-2H3,(H,21,22,23)/t;13?,14-,15-,16-,18-,19-/m.0/s1. The second-order valence-corrected chi connectivity index (χ2v) is 15.7. The fourth-order valence-electron chi connectivity index (χ4n) is 9.54. The van der Waals surface area contributed by atoms with Crippen molar-refractivity contribution >= 4 is 27.0 Å². The van der Waals surface area contributed by atoms with Gasteiger partial charge in [0, 0.05) is 29.8 Å². The number of hydrogen-bond acceptors (Lipinski definition) is 9. The van der Waals surface area contributed by atoms with Gasteiger partial charge in [0.1, 0.15) is 5.78 Å². The first-order valence-electron chi connectivity index (χ1n) is 17.4. The number of allylic oxidation sites excluding steroid dienone is 1. The molecule has 6 atom stereocenters. The van der Waals surface area contributed by atoms with Crippen molar-refractivity contribution in [3.8, 4) is 23.0 Å². The monoisotopic (exact) mass is 707 g/mol. The Bertz CT molecular complexity index is 1890. The quantitative estimate of drug-likeness (QED) is 0.185. The molecule has 0 radical (unpaired) electrons. The molecule has 1 aromatic heterocycles. The van der Waals surface area contributed by atoms with E-state index in [9.17, 15) is 13.2 Å². The van der Waals surface area contributed by atoms with Crippen molar-refractivity contribution in [2.75, 3.05) is 28.4 Å². The molecular formula is C39H49NO9S. The summed E-state index contributed by atoms with van der Waals surface area (Å²) >= 11 is 0. The van der Waals surface area contributed by atoms with Crippen LogP contribution in [0.2, 0.25) is 0 Å². The van der Waals surface area contributed by atoms with E-state index < -0.39 is 16.5 Å². The highest BCUT2D eigenvalue weighted by Gasteiger charge is 2.58. The van der Waals surface area contributed by atoms with Crippen LogP contribution in [0.3, 0.4) is 0 Å². The van der Waals surface area contributed by atoms with Crippen LogP contribution >= 0.6 is 0 Å². The Balaban J connectivity index is 0.000000173. The first-order valence-corrected chi connectivity index (χ1v) is 18.8. The normalized spacial score (nSPS) is 28.7. The molecule has 0 saturated heterocycles. The Morgan fingerprint density at radius 1 is 0.840 bits per heavy atom. The zero-order chi connectivity index (χ0) is 35.8. The molecule has 270 valence electrons. The molecule has 4 aliphatic carbocycles. The van der Waals surface area contributed by atoms with Gasteiger partial charge in [-0.05, 0) is 109 Å². The number of Topliss-reactive ketones (excluding diaryl/α,β-unsaturated/α-hetero) is 1. The number of hydrogen-bond donors (Lipinski definition) is 1. The third kappa shape index (κ3) is 6.84. The van der Waals surface area contributed by atoms with Crippen molar-refractivity contribution in [2.45, 2.75) is 77.7 Å². The number of carbonyl (C=O) groups excluding carboxylic acids is 1. The molecular weight excluding hydrogens is 658 g/mol. The van der Waals surface area contributed by atoms with Crippen LogP contribution in [0, 0.1) is 28.6 Å². The molecule has 0 bridgehead atoms. The van der Waals surface area contributed by atoms with E-state index in [1.165, 1.54) is 5.57 Å². The lowest BCUT2D eigenvalue weighted by Gasteiger charge is -2.56. The summed E-state index contributed by atoms with van der Waals surface area (Å²) in [7, 11) is 2.13. The van der Waals surface area contributed by atoms with Gasteiger partial charge in [-0.2, -0.15) is 8.42 Å². The number of benzene rings is 2. The van der Waals surface area contributed by atoms with Gasteiger partial charge >= 0.3 is 10.4 Å². The molecule has 1 unspecified atom stereocenters. The number of ether oxygens (including phenoxy) is 4. The first-order chi connectivity index (χ1) is 23.8. The summed E-state index contributed by atoms with van der Waals surface area (Å²) in [5.74, 6) is 4.92. The zero-order valence-electron chi connectivity index (χ0n) is 29.9. The molecule has 2 aromatic carbocycles. The van der Waals surface area contributed by atoms with Crippen LogP contribution in [0.1, 0.15) is 76.5 Å². The van der Waals surface area contributed by atoms with E-state index in [-0.39, 0.29) is 10.8 Å².